The Balaban J connectivity index is 2.24. The molecule has 1 aromatic carbocycles. The number of Topliss-reactive ketones (excluding diaryl/α,β-unsaturated/α-hetero) is 1. The molecule has 1 heterocycles. The van der Waals surface area contributed by atoms with Gasteiger partial charge in [-0.05, 0) is 18.1 Å². The summed E-state index contributed by atoms with van der Waals surface area (Å²) in [4.78, 5) is 22.3. The van der Waals surface area contributed by atoms with Gasteiger partial charge in [0.2, 0.25) is 0 Å². The number of fused-ring (bicyclic) bond motifs is 1. The fraction of sp³-hybridized carbons (Fsp3) is 0.333. The van der Waals surface area contributed by atoms with E-state index < -0.39 is 12.0 Å². The average molecular weight is 219 g/mol. The molecule has 1 aliphatic rings. The van der Waals surface area contributed by atoms with Crippen molar-refractivity contribution in [1.29, 1.82) is 0 Å². The van der Waals surface area contributed by atoms with E-state index in [1.165, 1.54) is 0 Å². The molecule has 16 heavy (non-hydrogen) atoms. The Morgan fingerprint density at radius 2 is 2.12 bits per heavy atom. The number of carbonyl (C=O) groups is 2. The molecule has 1 aromatic rings. The summed E-state index contributed by atoms with van der Waals surface area (Å²) in [5, 5.41) is 11.7. The first kappa shape index (κ1) is 10.7. The Bertz CT molecular complexity index is 428. The summed E-state index contributed by atoms with van der Waals surface area (Å²) in [6.07, 6.45) is 0.924. The zero-order valence-corrected chi connectivity index (χ0v) is 8.77. The summed E-state index contributed by atoms with van der Waals surface area (Å²) >= 11 is 0. The highest BCUT2D eigenvalue weighted by Gasteiger charge is 2.24. The van der Waals surface area contributed by atoms with Crippen LogP contribution in [0.4, 0.5) is 5.69 Å². The summed E-state index contributed by atoms with van der Waals surface area (Å²) in [5.41, 5.74) is 1.95. The van der Waals surface area contributed by atoms with Crippen molar-refractivity contribution in [1.82, 2.24) is 0 Å². The minimum atomic E-state index is -0.953. The third kappa shape index (κ3) is 2.21. The fourth-order valence-corrected chi connectivity index (χ4v) is 1.92. The first-order valence-corrected chi connectivity index (χ1v) is 5.26. The summed E-state index contributed by atoms with van der Waals surface area (Å²) in [7, 11) is 0. The number of aryl methyl sites for hydroxylation is 1. The van der Waals surface area contributed by atoms with E-state index in [1.807, 2.05) is 24.3 Å². The zero-order valence-electron chi connectivity index (χ0n) is 8.77. The SMILES string of the molecule is O=C(O)CC1Nc2ccccc2CCC1=O. The van der Waals surface area contributed by atoms with Gasteiger partial charge in [0, 0.05) is 12.1 Å². The minimum absolute atomic E-state index is 0.0291. The number of benzene rings is 1. The summed E-state index contributed by atoms with van der Waals surface area (Å²) in [6, 6.07) is 7.03. The fourth-order valence-electron chi connectivity index (χ4n) is 1.92. The summed E-state index contributed by atoms with van der Waals surface area (Å²) < 4.78 is 0. The lowest BCUT2D eigenvalue weighted by atomic mass is 10.0. The lowest BCUT2D eigenvalue weighted by molar-refractivity contribution is -0.138. The Morgan fingerprint density at radius 3 is 2.88 bits per heavy atom. The van der Waals surface area contributed by atoms with Crippen molar-refractivity contribution < 1.29 is 14.7 Å². The maximum atomic E-state index is 11.7. The van der Waals surface area contributed by atoms with Crippen LogP contribution in [0.5, 0.6) is 0 Å². The van der Waals surface area contributed by atoms with Crippen LogP contribution in [0.2, 0.25) is 0 Å². The van der Waals surface area contributed by atoms with Crippen LogP contribution in [0, 0.1) is 0 Å². The van der Waals surface area contributed by atoms with E-state index in [4.69, 9.17) is 5.11 Å². The van der Waals surface area contributed by atoms with Gasteiger partial charge in [0.25, 0.3) is 0 Å². The molecule has 0 spiro atoms. The Kier molecular flexibility index (Phi) is 2.90. The smallest absolute Gasteiger partial charge is 0.305 e. The van der Waals surface area contributed by atoms with E-state index in [0.717, 1.165) is 11.3 Å². The third-order valence-electron chi connectivity index (χ3n) is 2.76. The number of carbonyl (C=O) groups excluding carboxylic acids is 1. The quantitative estimate of drug-likeness (QED) is 0.790. The van der Waals surface area contributed by atoms with Crippen molar-refractivity contribution in [3.8, 4) is 0 Å². The second-order valence-electron chi connectivity index (χ2n) is 3.92. The highest BCUT2D eigenvalue weighted by Crippen LogP contribution is 2.23. The molecule has 0 saturated heterocycles. The Morgan fingerprint density at radius 1 is 1.38 bits per heavy atom. The molecule has 2 rings (SSSR count). The number of aliphatic carboxylic acids is 1. The molecule has 1 aliphatic heterocycles. The molecule has 2 N–H and O–H groups in total. The molecule has 0 aromatic heterocycles. The first-order valence-electron chi connectivity index (χ1n) is 5.26. The Hall–Kier alpha value is -1.84. The highest BCUT2D eigenvalue weighted by atomic mass is 16.4. The van der Waals surface area contributed by atoms with Gasteiger partial charge in [0.1, 0.15) is 0 Å². The predicted molar refractivity (Wildman–Crippen MR) is 59.4 cm³/mol. The Labute approximate surface area is 93.3 Å². The minimum Gasteiger partial charge on any atom is -0.481 e. The lowest BCUT2D eigenvalue weighted by Crippen LogP contribution is -2.30. The van der Waals surface area contributed by atoms with Crippen LogP contribution in [0.25, 0.3) is 0 Å². The van der Waals surface area contributed by atoms with Crippen molar-refractivity contribution in [3.63, 3.8) is 0 Å². The number of hydrogen-bond donors (Lipinski definition) is 2. The van der Waals surface area contributed by atoms with Gasteiger partial charge in [-0.15, -0.1) is 0 Å². The zero-order chi connectivity index (χ0) is 11.5. The van der Waals surface area contributed by atoms with E-state index in [0.29, 0.717) is 12.8 Å². The second-order valence-corrected chi connectivity index (χ2v) is 3.92. The molecule has 0 radical (unpaired) electrons. The van der Waals surface area contributed by atoms with E-state index >= 15 is 0 Å². The van der Waals surface area contributed by atoms with Crippen LogP contribution in [0.1, 0.15) is 18.4 Å². The third-order valence-corrected chi connectivity index (χ3v) is 2.76. The highest BCUT2D eigenvalue weighted by molar-refractivity contribution is 5.91. The van der Waals surface area contributed by atoms with Gasteiger partial charge in [0.15, 0.2) is 5.78 Å². The first-order chi connectivity index (χ1) is 7.66. The van der Waals surface area contributed by atoms with Gasteiger partial charge < -0.3 is 10.4 Å². The van der Waals surface area contributed by atoms with Crippen molar-refractivity contribution in [3.05, 3.63) is 29.8 Å². The normalized spacial score (nSPS) is 19.5. The molecule has 0 bridgehead atoms. The van der Waals surface area contributed by atoms with E-state index in [9.17, 15) is 9.59 Å². The van der Waals surface area contributed by atoms with Crippen molar-refractivity contribution in [2.24, 2.45) is 0 Å². The molecule has 4 heteroatoms. The topological polar surface area (TPSA) is 66.4 Å². The molecule has 84 valence electrons. The monoisotopic (exact) mass is 219 g/mol. The number of carboxylic acid groups (broad SMARTS) is 1. The number of rotatable bonds is 2. The molecule has 1 atom stereocenters. The van der Waals surface area contributed by atoms with Gasteiger partial charge in [-0.2, -0.15) is 0 Å². The molecular formula is C12H13NO3. The second kappa shape index (κ2) is 4.35. The number of para-hydroxylation sites is 1. The molecule has 1 unspecified atom stereocenters. The van der Waals surface area contributed by atoms with Crippen LogP contribution >= 0.6 is 0 Å². The molecular weight excluding hydrogens is 206 g/mol. The van der Waals surface area contributed by atoms with E-state index in [1.54, 1.807) is 0 Å². The molecule has 0 saturated carbocycles. The number of nitrogens with one attached hydrogen (secondary N) is 1. The number of anilines is 1. The van der Waals surface area contributed by atoms with Crippen LogP contribution < -0.4 is 5.32 Å². The number of hydrogen-bond acceptors (Lipinski definition) is 3. The maximum absolute atomic E-state index is 11.7. The van der Waals surface area contributed by atoms with Crippen molar-refractivity contribution >= 4 is 17.4 Å². The van der Waals surface area contributed by atoms with E-state index in [2.05, 4.69) is 5.32 Å². The largest absolute Gasteiger partial charge is 0.481 e. The van der Waals surface area contributed by atoms with E-state index in [-0.39, 0.29) is 12.2 Å². The lowest BCUT2D eigenvalue weighted by Gasteiger charge is -2.14. The van der Waals surface area contributed by atoms with Crippen molar-refractivity contribution in [2.45, 2.75) is 25.3 Å². The van der Waals surface area contributed by atoms with Gasteiger partial charge in [-0.3, -0.25) is 9.59 Å². The summed E-state index contributed by atoms with van der Waals surface area (Å²) in [5.74, 6) is -0.983. The predicted octanol–water partition coefficient (Wildman–Crippen LogP) is 1.46. The van der Waals surface area contributed by atoms with Gasteiger partial charge in [-0.25, -0.2) is 0 Å². The maximum Gasteiger partial charge on any atom is 0.305 e. The number of ketones is 1. The average Bonchev–Trinajstić information content (AvgIpc) is 2.39. The molecule has 0 aliphatic carbocycles. The molecule has 0 fully saturated rings. The molecule has 4 nitrogen and oxygen atoms in total. The molecule has 0 amide bonds. The van der Waals surface area contributed by atoms with Crippen LogP contribution in [0.3, 0.4) is 0 Å². The van der Waals surface area contributed by atoms with Gasteiger partial charge >= 0.3 is 5.97 Å². The van der Waals surface area contributed by atoms with Crippen LogP contribution in [-0.2, 0) is 16.0 Å². The summed E-state index contributed by atoms with van der Waals surface area (Å²) in [6.45, 7) is 0. The van der Waals surface area contributed by atoms with Crippen LogP contribution in [-0.4, -0.2) is 22.9 Å². The standard InChI is InChI=1S/C12H13NO3/c14-11-6-5-8-3-1-2-4-9(8)13-10(11)7-12(15)16/h1-4,10,13H,5-7H2,(H,15,16). The van der Waals surface area contributed by atoms with Crippen LogP contribution in [0.15, 0.2) is 24.3 Å². The van der Waals surface area contributed by atoms with Gasteiger partial charge in [0.05, 0.1) is 12.5 Å². The number of carboxylic acids is 1. The van der Waals surface area contributed by atoms with Gasteiger partial charge in [-0.1, -0.05) is 18.2 Å². The van der Waals surface area contributed by atoms with Crippen molar-refractivity contribution in [2.75, 3.05) is 5.32 Å².